The molecule has 0 aromatic carbocycles. The van der Waals surface area contributed by atoms with Crippen LogP contribution in [-0.2, 0) is 11.2 Å². The van der Waals surface area contributed by atoms with Gasteiger partial charge in [0.2, 0.25) is 0 Å². The predicted octanol–water partition coefficient (Wildman–Crippen LogP) is 3.59. The maximum atomic E-state index is 12.3. The summed E-state index contributed by atoms with van der Waals surface area (Å²) in [6.45, 7) is 9.51. The molecular formula is C18H30N2O3. The molecule has 1 aromatic rings. The second-order valence-electron chi connectivity index (χ2n) is 7.40. The molecule has 5 heteroatoms. The summed E-state index contributed by atoms with van der Waals surface area (Å²) >= 11 is 0. The van der Waals surface area contributed by atoms with Gasteiger partial charge >= 0.3 is 6.09 Å². The number of amides is 1. The molecular weight excluding hydrogens is 292 g/mol. The van der Waals surface area contributed by atoms with Crippen molar-refractivity contribution in [3.05, 3.63) is 24.2 Å². The van der Waals surface area contributed by atoms with Gasteiger partial charge in [0.15, 0.2) is 0 Å². The highest BCUT2D eigenvalue weighted by Gasteiger charge is 2.32. The minimum absolute atomic E-state index is 0.190. The summed E-state index contributed by atoms with van der Waals surface area (Å²) in [6, 6.07) is 4.55. The van der Waals surface area contributed by atoms with E-state index in [1.165, 1.54) is 0 Å². The van der Waals surface area contributed by atoms with Gasteiger partial charge in [-0.2, -0.15) is 0 Å². The molecule has 1 saturated heterocycles. The Labute approximate surface area is 139 Å². The van der Waals surface area contributed by atoms with Gasteiger partial charge in [-0.25, -0.2) is 4.79 Å². The largest absolute Gasteiger partial charge is 0.469 e. The van der Waals surface area contributed by atoms with Crippen LogP contribution in [0.5, 0.6) is 0 Å². The summed E-state index contributed by atoms with van der Waals surface area (Å²) in [5.74, 6) is 1.02. The molecule has 0 aliphatic carbocycles. The molecule has 130 valence electrons. The first-order valence-corrected chi connectivity index (χ1v) is 8.60. The van der Waals surface area contributed by atoms with Crippen molar-refractivity contribution in [3.8, 4) is 0 Å². The molecule has 1 aromatic heterocycles. The summed E-state index contributed by atoms with van der Waals surface area (Å²) in [4.78, 5) is 14.1. The molecule has 1 fully saturated rings. The van der Waals surface area contributed by atoms with Crippen LogP contribution < -0.4 is 5.32 Å². The van der Waals surface area contributed by atoms with Crippen molar-refractivity contribution >= 4 is 6.09 Å². The van der Waals surface area contributed by atoms with Gasteiger partial charge in [0.05, 0.1) is 6.26 Å². The molecule has 2 atom stereocenters. The Kier molecular flexibility index (Phi) is 6.10. The molecule has 2 heterocycles. The van der Waals surface area contributed by atoms with E-state index in [0.29, 0.717) is 6.04 Å². The fourth-order valence-electron chi connectivity index (χ4n) is 2.86. The normalized spacial score (nSPS) is 19.8. The highest BCUT2D eigenvalue weighted by Crippen LogP contribution is 2.20. The molecule has 23 heavy (non-hydrogen) atoms. The first kappa shape index (κ1) is 17.9. The van der Waals surface area contributed by atoms with Crippen molar-refractivity contribution in [2.45, 2.75) is 71.1 Å². The molecule has 0 bridgehead atoms. The Morgan fingerprint density at radius 1 is 1.52 bits per heavy atom. The predicted molar refractivity (Wildman–Crippen MR) is 90.5 cm³/mol. The highest BCUT2D eigenvalue weighted by molar-refractivity contribution is 5.69. The monoisotopic (exact) mass is 322 g/mol. The second-order valence-corrected chi connectivity index (χ2v) is 7.40. The molecule has 1 aliphatic rings. The molecule has 2 rings (SSSR count). The van der Waals surface area contributed by atoms with E-state index in [9.17, 15) is 4.79 Å². The van der Waals surface area contributed by atoms with Crippen molar-refractivity contribution < 1.29 is 13.9 Å². The number of ether oxygens (including phenoxy) is 1. The average Bonchev–Trinajstić information content (AvgIpc) is 3.12. The van der Waals surface area contributed by atoms with E-state index in [4.69, 9.17) is 9.15 Å². The minimum atomic E-state index is -0.437. The molecule has 0 radical (unpaired) electrons. The van der Waals surface area contributed by atoms with Crippen LogP contribution in [0.15, 0.2) is 22.8 Å². The van der Waals surface area contributed by atoms with Gasteiger partial charge in [-0.3, -0.25) is 0 Å². The number of hydrogen-bond donors (Lipinski definition) is 1. The Bertz CT molecular complexity index is 479. The fraction of sp³-hybridized carbons (Fsp3) is 0.722. The third kappa shape index (κ3) is 5.90. The SMILES string of the molecule is CC(CCc1ccco1)NCC1CCCN1C(=O)OC(C)(C)C. The molecule has 5 nitrogen and oxygen atoms in total. The standard InChI is InChI=1S/C18H30N2O3/c1-14(9-10-16-8-6-12-22-16)19-13-15-7-5-11-20(15)17(21)23-18(2,3)4/h6,8,12,14-15,19H,5,7,9-11,13H2,1-4H3. The van der Waals surface area contributed by atoms with Crippen molar-refractivity contribution in [2.24, 2.45) is 0 Å². The number of furan rings is 1. The summed E-state index contributed by atoms with van der Waals surface area (Å²) in [7, 11) is 0. The molecule has 1 aliphatic heterocycles. The third-order valence-corrected chi connectivity index (χ3v) is 4.11. The Morgan fingerprint density at radius 2 is 2.30 bits per heavy atom. The fourth-order valence-corrected chi connectivity index (χ4v) is 2.86. The van der Waals surface area contributed by atoms with Crippen LogP contribution in [-0.4, -0.2) is 41.8 Å². The summed E-state index contributed by atoms with van der Waals surface area (Å²) in [5, 5.41) is 3.54. The number of hydrogen-bond acceptors (Lipinski definition) is 4. The van der Waals surface area contributed by atoms with Gasteiger partial charge in [-0.1, -0.05) is 0 Å². The van der Waals surface area contributed by atoms with Crippen LogP contribution in [0.1, 0.15) is 52.7 Å². The lowest BCUT2D eigenvalue weighted by molar-refractivity contribution is 0.0225. The molecule has 0 spiro atoms. The maximum Gasteiger partial charge on any atom is 0.410 e. The minimum Gasteiger partial charge on any atom is -0.469 e. The number of likely N-dealkylation sites (tertiary alicyclic amines) is 1. The average molecular weight is 322 g/mol. The van der Waals surface area contributed by atoms with Crippen molar-refractivity contribution in [1.29, 1.82) is 0 Å². The van der Waals surface area contributed by atoms with Crippen LogP contribution in [0.4, 0.5) is 4.79 Å². The van der Waals surface area contributed by atoms with Crippen LogP contribution in [0.25, 0.3) is 0 Å². The number of nitrogens with zero attached hydrogens (tertiary/aromatic N) is 1. The van der Waals surface area contributed by atoms with E-state index >= 15 is 0 Å². The first-order chi connectivity index (χ1) is 10.8. The Balaban J connectivity index is 1.74. The van der Waals surface area contributed by atoms with Crippen molar-refractivity contribution in [1.82, 2.24) is 10.2 Å². The van der Waals surface area contributed by atoms with E-state index in [0.717, 1.165) is 44.5 Å². The third-order valence-electron chi connectivity index (χ3n) is 4.11. The molecule has 0 saturated carbocycles. The molecule has 2 unspecified atom stereocenters. The first-order valence-electron chi connectivity index (χ1n) is 8.60. The van der Waals surface area contributed by atoms with Gasteiger partial charge in [-0.05, 0) is 59.1 Å². The van der Waals surface area contributed by atoms with Crippen LogP contribution in [0.3, 0.4) is 0 Å². The summed E-state index contributed by atoms with van der Waals surface area (Å²) in [5.41, 5.74) is -0.437. The van der Waals surface area contributed by atoms with Gasteiger partial charge < -0.3 is 19.4 Å². The van der Waals surface area contributed by atoms with Gasteiger partial charge in [-0.15, -0.1) is 0 Å². The van der Waals surface area contributed by atoms with Gasteiger partial charge in [0.25, 0.3) is 0 Å². The quantitative estimate of drug-likeness (QED) is 0.869. The zero-order valence-corrected chi connectivity index (χ0v) is 14.8. The van der Waals surface area contributed by atoms with Crippen molar-refractivity contribution in [2.75, 3.05) is 13.1 Å². The zero-order chi connectivity index (χ0) is 16.9. The van der Waals surface area contributed by atoms with E-state index < -0.39 is 5.60 Å². The number of carbonyl (C=O) groups excluding carboxylic acids is 1. The Morgan fingerprint density at radius 3 is 2.96 bits per heavy atom. The topological polar surface area (TPSA) is 54.7 Å². The lowest BCUT2D eigenvalue weighted by atomic mass is 10.1. The van der Waals surface area contributed by atoms with E-state index in [2.05, 4.69) is 12.2 Å². The number of nitrogens with one attached hydrogen (secondary N) is 1. The van der Waals surface area contributed by atoms with Crippen LogP contribution >= 0.6 is 0 Å². The number of aryl methyl sites for hydroxylation is 1. The van der Waals surface area contributed by atoms with E-state index in [1.807, 2.05) is 37.8 Å². The van der Waals surface area contributed by atoms with E-state index in [1.54, 1.807) is 6.26 Å². The van der Waals surface area contributed by atoms with Crippen LogP contribution in [0.2, 0.25) is 0 Å². The van der Waals surface area contributed by atoms with Crippen LogP contribution in [0, 0.1) is 0 Å². The lowest BCUT2D eigenvalue weighted by Crippen LogP contribution is -2.45. The van der Waals surface area contributed by atoms with Gasteiger partial charge in [0, 0.05) is 31.6 Å². The Hall–Kier alpha value is -1.49. The second kappa shape index (κ2) is 7.86. The molecule has 1 N–H and O–H groups in total. The molecule has 1 amide bonds. The van der Waals surface area contributed by atoms with Gasteiger partial charge in [0.1, 0.15) is 11.4 Å². The zero-order valence-electron chi connectivity index (χ0n) is 14.8. The number of carbonyl (C=O) groups is 1. The van der Waals surface area contributed by atoms with E-state index in [-0.39, 0.29) is 12.1 Å². The summed E-state index contributed by atoms with van der Waals surface area (Å²) < 4.78 is 10.9. The maximum absolute atomic E-state index is 12.3. The summed E-state index contributed by atoms with van der Waals surface area (Å²) in [6.07, 6.45) is 5.56. The highest BCUT2D eigenvalue weighted by atomic mass is 16.6. The smallest absolute Gasteiger partial charge is 0.410 e. The number of rotatable bonds is 6. The van der Waals surface area contributed by atoms with Crippen molar-refractivity contribution in [3.63, 3.8) is 0 Å². The lowest BCUT2D eigenvalue weighted by Gasteiger charge is -2.29.